The van der Waals surface area contributed by atoms with Crippen molar-refractivity contribution in [1.29, 1.82) is 0 Å². The smallest absolute Gasteiger partial charge is 0.317 e. The van der Waals surface area contributed by atoms with Gasteiger partial charge in [-0.2, -0.15) is 0 Å². The van der Waals surface area contributed by atoms with E-state index in [0.717, 1.165) is 11.8 Å². The van der Waals surface area contributed by atoms with Gasteiger partial charge in [0.25, 0.3) is 0 Å². The van der Waals surface area contributed by atoms with Crippen molar-refractivity contribution in [3.8, 4) is 0 Å². The highest BCUT2D eigenvalue weighted by Gasteiger charge is 2.23. The van der Waals surface area contributed by atoms with E-state index in [4.69, 9.17) is 11.6 Å². The van der Waals surface area contributed by atoms with E-state index >= 15 is 0 Å². The zero-order chi connectivity index (χ0) is 16.1. The number of aliphatic carboxylic acids is 1. The number of hydrogen-bond donors (Lipinski definition) is 1. The fraction of sp³-hybridized carbons (Fsp3) is 0.125. The fourth-order valence-electron chi connectivity index (χ4n) is 1.78. The van der Waals surface area contributed by atoms with Gasteiger partial charge in [-0.3, -0.25) is 9.59 Å². The highest BCUT2D eigenvalue weighted by atomic mass is 35.5. The molecule has 114 valence electrons. The molecule has 0 bridgehead atoms. The lowest BCUT2D eigenvalue weighted by Gasteiger charge is -2.11. The molecule has 0 heterocycles. The average molecular weight is 339 g/mol. The number of carboxylic acid groups (broad SMARTS) is 1. The van der Waals surface area contributed by atoms with Crippen LogP contribution in [-0.2, 0) is 4.79 Å². The summed E-state index contributed by atoms with van der Waals surface area (Å²) >= 11 is 6.86. The van der Waals surface area contributed by atoms with Gasteiger partial charge in [0, 0.05) is 21.9 Å². The van der Waals surface area contributed by atoms with E-state index in [9.17, 15) is 19.1 Å². The van der Waals surface area contributed by atoms with Crippen molar-refractivity contribution in [1.82, 2.24) is 0 Å². The lowest BCUT2D eigenvalue weighted by molar-refractivity contribution is -0.136. The van der Waals surface area contributed by atoms with Gasteiger partial charge < -0.3 is 5.11 Å². The van der Waals surface area contributed by atoms with Gasteiger partial charge in [-0.15, -0.1) is 11.8 Å². The van der Waals surface area contributed by atoms with Gasteiger partial charge in [-0.25, -0.2) is 4.39 Å². The van der Waals surface area contributed by atoms with Gasteiger partial charge in [0.05, 0.1) is 0 Å². The molecule has 0 aliphatic carbocycles. The molecule has 0 aliphatic heterocycles. The summed E-state index contributed by atoms with van der Waals surface area (Å²) in [6.07, 6.45) is -0.172. The largest absolute Gasteiger partial charge is 0.480 e. The molecule has 6 heteroatoms. The van der Waals surface area contributed by atoms with Gasteiger partial charge in [0.1, 0.15) is 11.1 Å². The fourth-order valence-corrected chi connectivity index (χ4v) is 2.86. The third-order valence-electron chi connectivity index (χ3n) is 2.90. The summed E-state index contributed by atoms with van der Waals surface area (Å²) in [5.74, 6) is -1.86. The van der Waals surface area contributed by atoms with Crippen LogP contribution >= 0.6 is 23.4 Å². The molecule has 0 radical (unpaired) electrons. The lowest BCUT2D eigenvalue weighted by atomic mass is 10.1. The van der Waals surface area contributed by atoms with Crippen LogP contribution in [0.4, 0.5) is 4.39 Å². The minimum Gasteiger partial charge on any atom is -0.480 e. The molecule has 0 spiro atoms. The Morgan fingerprint density at radius 3 is 2.23 bits per heavy atom. The molecular weight excluding hydrogens is 327 g/mol. The zero-order valence-electron chi connectivity index (χ0n) is 11.3. The first-order chi connectivity index (χ1) is 10.5. The maximum Gasteiger partial charge on any atom is 0.317 e. The molecule has 1 unspecified atom stereocenters. The molecule has 1 atom stereocenters. The van der Waals surface area contributed by atoms with E-state index in [0.29, 0.717) is 15.5 Å². The van der Waals surface area contributed by atoms with Crippen LogP contribution in [0.3, 0.4) is 0 Å². The van der Waals surface area contributed by atoms with Crippen LogP contribution < -0.4 is 0 Å². The number of benzene rings is 2. The molecule has 1 N–H and O–H groups in total. The SMILES string of the molecule is O=C(CC(Sc1ccc(Cl)cc1)C(=O)O)c1ccc(F)cc1. The minimum absolute atomic E-state index is 0.172. The molecule has 0 aliphatic rings. The third-order valence-corrected chi connectivity index (χ3v) is 4.35. The maximum atomic E-state index is 12.8. The van der Waals surface area contributed by atoms with Gasteiger partial charge in [0.15, 0.2) is 5.78 Å². The molecule has 3 nitrogen and oxygen atoms in total. The summed E-state index contributed by atoms with van der Waals surface area (Å²) in [5.41, 5.74) is 0.296. The predicted molar refractivity (Wildman–Crippen MR) is 84.1 cm³/mol. The molecular formula is C16H12ClFO3S. The molecule has 0 saturated carbocycles. The first-order valence-electron chi connectivity index (χ1n) is 6.39. The lowest BCUT2D eigenvalue weighted by Crippen LogP contribution is -2.20. The second kappa shape index (κ2) is 7.42. The number of carbonyl (C=O) groups is 2. The van der Waals surface area contributed by atoms with Gasteiger partial charge in [-0.05, 0) is 48.5 Å². The summed E-state index contributed by atoms with van der Waals surface area (Å²) in [6.45, 7) is 0. The van der Waals surface area contributed by atoms with Crippen LogP contribution in [0.15, 0.2) is 53.4 Å². The highest BCUT2D eigenvalue weighted by molar-refractivity contribution is 8.00. The van der Waals surface area contributed by atoms with E-state index in [1.807, 2.05) is 0 Å². The van der Waals surface area contributed by atoms with Crippen molar-refractivity contribution in [2.75, 3.05) is 0 Å². The third kappa shape index (κ3) is 4.58. The van der Waals surface area contributed by atoms with Crippen LogP contribution in [0.1, 0.15) is 16.8 Å². The Bertz CT molecular complexity index is 671. The van der Waals surface area contributed by atoms with Crippen molar-refractivity contribution >= 4 is 35.1 Å². The van der Waals surface area contributed by atoms with Crippen LogP contribution in [0.25, 0.3) is 0 Å². The topological polar surface area (TPSA) is 54.4 Å². The Hall–Kier alpha value is -1.85. The Balaban J connectivity index is 2.08. The second-order valence-electron chi connectivity index (χ2n) is 4.53. The van der Waals surface area contributed by atoms with Gasteiger partial charge in [-0.1, -0.05) is 11.6 Å². The van der Waals surface area contributed by atoms with E-state index in [2.05, 4.69) is 0 Å². The van der Waals surface area contributed by atoms with Crippen LogP contribution in [-0.4, -0.2) is 22.1 Å². The number of hydrogen-bond acceptors (Lipinski definition) is 3. The molecule has 0 amide bonds. The average Bonchev–Trinajstić information content (AvgIpc) is 2.49. The molecule has 2 rings (SSSR count). The molecule has 2 aromatic carbocycles. The number of halogens is 2. The summed E-state index contributed by atoms with van der Waals surface area (Å²) < 4.78 is 12.8. The molecule has 0 fully saturated rings. The van der Waals surface area contributed by atoms with Crippen LogP contribution in [0, 0.1) is 5.82 Å². The van der Waals surface area contributed by atoms with Crippen LogP contribution in [0.2, 0.25) is 5.02 Å². The number of rotatable bonds is 6. The minimum atomic E-state index is -1.07. The Labute approximate surface area is 136 Å². The molecule has 0 saturated heterocycles. The zero-order valence-corrected chi connectivity index (χ0v) is 12.9. The maximum absolute atomic E-state index is 12.8. The monoisotopic (exact) mass is 338 g/mol. The van der Waals surface area contributed by atoms with Crippen molar-refractivity contribution in [3.05, 3.63) is 64.9 Å². The van der Waals surface area contributed by atoms with Crippen molar-refractivity contribution in [3.63, 3.8) is 0 Å². The number of thioether (sulfide) groups is 1. The Morgan fingerprint density at radius 2 is 1.68 bits per heavy atom. The Morgan fingerprint density at radius 1 is 1.09 bits per heavy atom. The van der Waals surface area contributed by atoms with Gasteiger partial charge >= 0.3 is 5.97 Å². The quantitative estimate of drug-likeness (QED) is 0.630. The number of ketones is 1. The summed E-state index contributed by atoms with van der Waals surface area (Å²) in [5, 5.41) is 8.91. The molecule has 0 aromatic heterocycles. The molecule has 22 heavy (non-hydrogen) atoms. The predicted octanol–water partition coefficient (Wildman–Crippen LogP) is 4.30. The standard InChI is InChI=1S/C16H12ClFO3S/c17-11-3-7-13(8-4-11)22-15(16(20)21)9-14(19)10-1-5-12(18)6-2-10/h1-8,15H,9H2,(H,20,21). The first kappa shape index (κ1) is 16.5. The summed E-state index contributed by atoms with van der Waals surface area (Å²) in [4.78, 5) is 24.1. The first-order valence-corrected chi connectivity index (χ1v) is 7.65. The van der Waals surface area contributed by atoms with Crippen molar-refractivity contribution < 1.29 is 19.1 Å². The van der Waals surface area contributed by atoms with Crippen molar-refractivity contribution in [2.24, 2.45) is 0 Å². The van der Waals surface area contributed by atoms with Crippen molar-refractivity contribution in [2.45, 2.75) is 16.6 Å². The van der Waals surface area contributed by atoms with E-state index in [1.54, 1.807) is 24.3 Å². The second-order valence-corrected chi connectivity index (χ2v) is 6.25. The highest BCUT2D eigenvalue weighted by Crippen LogP contribution is 2.28. The van der Waals surface area contributed by atoms with E-state index in [-0.39, 0.29) is 12.2 Å². The number of carboxylic acids is 1. The van der Waals surface area contributed by atoms with E-state index in [1.165, 1.54) is 24.3 Å². The Kier molecular flexibility index (Phi) is 5.57. The summed E-state index contributed by atoms with van der Waals surface area (Å²) in [6, 6.07) is 11.8. The van der Waals surface area contributed by atoms with E-state index < -0.39 is 17.0 Å². The number of Topliss-reactive ketones (excluding diaryl/α,β-unsaturated/α-hetero) is 1. The normalized spacial score (nSPS) is 11.9. The number of carbonyl (C=O) groups excluding carboxylic acids is 1. The van der Waals surface area contributed by atoms with Crippen LogP contribution in [0.5, 0.6) is 0 Å². The molecule has 2 aromatic rings. The summed E-state index contributed by atoms with van der Waals surface area (Å²) in [7, 11) is 0. The van der Waals surface area contributed by atoms with Gasteiger partial charge in [0.2, 0.25) is 0 Å².